The molecule has 2 aromatic carbocycles. The van der Waals surface area contributed by atoms with Crippen molar-refractivity contribution in [3.8, 4) is 11.3 Å². The molecule has 1 aliphatic carbocycles. The number of nitrogens with one attached hydrogen (secondary N) is 1. The Morgan fingerprint density at radius 2 is 1.89 bits per heavy atom. The number of thiazole rings is 1. The van der Waals surface area contributed by atoms with Gasteiger partial charge in [0.2, 0.25) is 0 Å². The maximum atomic E-state index is 4.95. The van der Waals surface area contributed by atoms with Crippen molar-refractivity contribution in [2.45, 2.75) is 46.0 Å². The predicted octanol–water partition coefficient (Wildman–Crippen LogP) is 5.78. The summed E-state index contributed by atoms with van der Waals surface area (Å²) in [6, 6.07) is 11.3. The van der Waals surface area contributed by atoms with Crippen molar-refractivity contribution in [3.63, 3.8) is 0 Å². The molecule has 0 saturated carbocycles. The van der Waals surface area contributed by atoms with Gasteiger partial charge in [-0.2, -0.15) is 0 Å². The number of hydrogen-bond donors (Lipinski definition) is 1. The topological polar surface area (TPSA) is 37.3 Å². The van der Waals surface area contributed by atoms with Crippen molar-refractivity contribution in [2.75, 3.05) is 7.05 Å². The minimum atomic E-state index is 0.873. The lowest BCUT2D eigenvalue weighted by molar-refractivity contribution is 0.686. The van der Waals surface area contributed by atoms with E-state index in [1.807, 2.05) is 7.05 Å². The first-order valence-electron chi connectivity index (χ1n) is 10.0. The molecule has 3 aromatic rings. The van der Waals surface area contributed by atoms with Crippen molar-refractivity contribution in [3.05, 3.63) is 68.5 Å². The van der Waals surface area contributed by atoms with E-state index in [0.29, 0.717) is 0 Å². The maximum absolute atomic E-state index is 4.95. The van der Waals surface area contributed by atoms with Crippen molar-refractivity contribution >= 4 is 23.4 Å². The largest absolute Gasteiger partial charge is 0.379 e. The van der Waals surface area contributed by atoms with Crippen LogP contribution in [0.15, 0.2) is 40.7 Å². The van der Waals surface area contributed by atoms with Crippen LogP contribution >= 0.6 is 11.3 Å². The number of aromatic nitrogens is 1. The smallest absolute Gasteiger partial charge is 0.0976 e. The zero-order valence-electron chi connectivity index (χ0n) is 16.9. The first-order valence-corrected chi connectivity index (χ1v) is 10.9. The molecule has 4 rings (SSSR count). The third-order valence-electron chi connectivity index (χ3n) is 5.52. The number of aryl methyl sites for hydroxylation is 4. The Bertz CT molecular complexity index is 1020. The number of fused-ring (bicyclic) bond motifs is 1. The molecule has 1 N–H and O–H groups in total. The van der Waals surface area contributed by atoms with Crippen LogP contribution in [0, 0.1) is 13.8 Å². The summed E-state index contributed by atoms with van der Waals surface area (Å²) in [6.07, 6.45) is 7.67. The molecule has 3 nitrogen and oxygen atoms in total. The highest BCUT2D eigenvalue weighted by atomic mass is 32.1. The summed E-state index contributed by atoms with van der Waals surface area (Å²) in [4.78, 5) is 9.41. The van der Waals surface area contributed by atoms with E-state index in [2.05, 4.69) is 59.9 Å². The molecule has 144 valence electrons. The average molecular weight is 390 g/mol. The molecule has 4 heteroatoms. The molecule has 0 radical (unpaired) electrons. The second kappa shape index (κ2) is 8.27. The Kier molecular flexibility index (Phi) is 5.58. The minimum Gasteiger partial charge on any atom is -0.379 e. The highest BCUT2D eigenvalue weighted by Crippen LogP contribution is 2.30. The van der Waals surface area contributed by atoms with Crippen LogP contribution in [-0.4, -0.2) is 18.4 Å². The first kappa shape index (κ1) is 18.9. The van der Waals surface area contributed by atoms with Gasteiger partial charge in [0, 0.05) is 24.4 Å². The Morgan fingerprint density at radius 1 is 1.07 bits per heavy atom. The summed E-state index contributed by atoms with van der Waals surface area (Å²) in [6.45, 7) is 4.27. The summed E-state index contributed by atoms with van der Waals surface area (Å²) < 4.78 is 0. The van der Waals surface area contributed by atoms with Gasteiger partial charge in [-0.25, -0.2) is 9.98 Å². The monoisotopic (exact) mass is 389 g/mol. The quantitative estimate of drug-likeness (QED) is 0.444. The van der Waals surface area contributed by atoms with Crippen LogP contribution in [0.5, 0.6) is 0 Å². The zero-order chi connectivity index (χ0) is 19.5. The molecule has 1 aliphatic rings. The fourth-order valence-corrected chi connectivity index (χ4v) is 4.73. The average Bonchev–Trinajstić information content (AvgIpc) is 3.17. The summed E-state index contributed by atoms with van der Waals surface area (Å²) in [5.74, 6) is 0. The van der Waals surface area contributed by atoms with Crippen molar-refractivity contribution in [1.82, 2.24) is 10.3 Å². The molecule has 1 heterocycles. The van der Waals surface area contributed by atoms with Gasteiger partial charge in [-0.15, -0.1) is 11.3 Å². The second-order valence-corrected chi connectivity index (χ2v) is 8.55. The van der Waals surface area contributed by atoms with Gasteiger partial charge in [-0.1, -0.05) is 18.2 Å². The molecule has 0 fully saturated rings. The molecule has 0 spiro atoms. The number of nitrogens with zero attached hydrogens (tertiary/aromatic N) is 2. The summed E-state index contributed by atoms with van der Waals surface area (Å²) in [5, 5.41) is 6.32. The van der Waals surface area contributed by atoms with Crippen LogP contribution in [-0.2, 0) is 19.3 Å². The number of hydrogen-bond acceptors (Lipinski definition) is 3. The van der Waals surface area contributed by atoms with E-state index in [-0.39, 0.29) is 0 Å². The van der Waals surface area contributed by atoms with E-state index >= 15 is 0 Å². The Morgan fingerprint density at radius 3 is 2.71 bits per heavy atom. The van der Waals surface area contributed by atoms with E-state index in [0.717, 1.165) is 17.8 Å². The number of rotatable bonds is 5. The fourth-order valence-electron chi connectivity index (χ4n) is 3.90. The lowest BCUT2D eigenvalue weighted by Crippen LogP contribution is -2.02. The van der Waals surface area contributed by atoms with Crippen LogP contribution in [0.3, 0.4) is 0 Å². The van der Waals surface area contributed by atoms with E-state index in [4.69, 9.17) is 4.98 Å². The van der Waals surface area contributed by atoms with Crippen molar-refractivity contribution in [1.29, 1.82) is 0 Å². The lowest BCUT2D eigenvalue weighted by atomic mass is 9.90. The molecule has 0 bridgehead atoms. The molecule has 0 saturated heterocycles. The number of aliphatic imine (C=N–C) groups is 1. The first-order chi connectivity index (χ1) is 13.6. The number of benzene rings is 2. The van der Waals surface area contributed by atoms with Gasteiger partial charge in [0.25, 0.3) is 0 Å². The molecule has 0 aliphatic heterocycles. The van der Waals surface area contributed by atoms with Crippen molar-refractivity contribution < 1.29 is 0 Å². The van der Waals surface area contributed by atoms with Crippen molar-refractivity contribution in [2.24, 2.45) is 4.99 Å². The molecule has 0 atom stereocenters. The predicted molar refractivity (Wildman–Crippen MR) is 120 cm³/mol. The highest BCUT2D eigenvalue weighted by Gasteiger charge is 2.13. The van der Waals surface area contributed by atoms with Crippen LogP contribution in [0.25, 0.3) is 11.3 Å². The lowest BCUT2D eigenvalue weighted by Gasteiger charge is -2.16. The molecular formula is C24H27N3S. The highest BCUT2D eigenvalue weighted by molar-refractivity contribution is 7.10. The van der Waals surface area contributed by atoms with Gasteiger partial charge < -0.3 is 5.32 Å². The van der Waals surface area contributed by atoms with Gasteiger partial charge in [-0.3, -0.25) is 0 Å². The molecule has 28 heavy (non-hydrogen) atoms. The molecule has 1 aromatic heterocycles. The van der Waals surface area contributed by atoms with Crippen LogP contribution < -0.4 is 5.32 Å². The Hall–Kier alpha value is -2.46. The van der Waals surface area contributed by atoms with Crippen LogP contribution in [0.4, 0.5) is 5.69 Å². The minimum absolute atomic E-state index is 0.873. The molecule has 0 amide bonds. The van der Waals surface area contributed by atoms with E-state index in [9.17, 15) is 0 Å². The van der Waals surface area contributed by atoms with E-state index in [1.165, 1.54) is 64.1 Å². The Balaban J connectivity index is 1.55. The molecular weight excluding hydrogens is 362 g/mol. The van der Waals surface area contributed by atoms with Crippen LogP contribution in [0.1, 0.15) is 45.7 Å². The van der Waals surface area contributed by atoms with E-state index < -0.39 is 0 Å². The standard InChI is InChI=1S/C24H27N3S/c1-16-11-22(26-15-25-3)17(2)10-21(16)13-24-27-23(14-28-24)20-9-8-18-6-4-5-7-19(18)12-20/h8-12,14-15H,4-7,13H2,1-3H3,(H,25,26). The maximum Gasteiger partial charge on any atom is 0.0976 e. The third-order valence-corrected chi connectivity index (χ3v) is 6.37. The summed E-state index contributed by atoms with van der Waals surface area (Å²) >= 11 is 1.76. The fraction of sp³-hybridized carbons (Fsp3) is 0.333. The third kappa shape index (κ3) is 4.02. The van der Waals surface area contributed by atoms with Gasteiger partial charge in [0.1, 0.15) is 0 Å². The summed E-state index contributed by atoms with van der Waals surface area (Å²) in [5.41, 5.74) is 10.2. The SMILES string of the molecule is CN/C=N/c1cc(C)c(Cc2nc(-c3ccc4c(c3)CCCC4)cs2)cc1C. The van der Waals surface area contributed by atoms with Gasteiger partial charge in [-0.05, 0) is 79.5 Å². The van der Waals surface area contributed by atoms with Gasteiger partial charge in [0.05, 0.1) is 22.7 Å². The normalized spacial score (nSPS) is 13.7. The second-order valence-electron chi connectivity index (χ2n) is 7.61. The van der Waals surface area contributed by atoms with Crippen LogP contribution in [0.2, 0.25) is 0 Å². The Labute approximate surface area is 171 Å². The zero-order valence-corrected chi connectivity index (χ0v) is 17.7. The molecule has 0 unspecified atom stereocenters. The van der Waals surface area contributed by atoms with Gasteiger partial charge >= 0.3 is 0 Å². The summed E-state index contributed by atoms with van der Waals surface area (Å²) in [7, 11) is 1.86. The van der Waals surface area contributed by atoms with E-state index in [1.54, 1.807) is 17.7 Å². The van der Waals surface area contributed by atoms with Gasteiger partial charge in [0.15, 0.2) is 0 Å².